The third kappa shape index (κ3) is 3.89. The van der Waals surface area contributed by atoms with Gasteiger partial charge in [-0.05, 0) is 36.8 Å². The monoisotopic (exact) mass is 344 g/mol. The van der Waals surface area contributed by atoms with E-state index in [4.69, 9.17) is 16.3 Å². The molecule has 0 saturated heterocycles. The van der Waals surface area contributed by atoms with Crippen molar-refractivity contribution in [2.24, 2.45) is 0 Å². The second-order valence-corrected chi connectivity index (χ2v) is 6.24. The average molecular weight is 345 g/mol. The number of hydrogen-bond acceptors (Lipinski definition) is 3. The van der Waals surface area contributed by atoms with E-state index in [0.29, 0.717) is 17.3 Å². The normalized spacial score (nSPS) is 12.5. The molecule has 3 aromatic rings. The molecule has 2 aromatic carbocycles. The number of nitrogens with zero attached hydrogens (tertiary/aromatic N) is 2. The minimum atomic E-state index is -0.628. The summed E-state index contributed by atoms with van der Waals surface area (Å²) in [6, 6.07) is 15.2. The molecule has 24 heavy (non-hydrogen) atoms. The molecule has 0 saturated carbocycles. The molecule has 0 spiro atoms. The van der Waals surface area contributed by atoms with Gasteiger partial charge in [-0.15, -0.1) is 0 Å². The molecule has 3 rings (SSSR count). The minimum absolute atomic E-state index is 0.207. The highest BCUT2D eigenvalue weighted by atomic mass is 35.5. The van der Waals surface area contributed by atoms with Gasteiger partial charge in [-0.2, -0.15) is 0 Å². The van der Waals surface area contributed by atoms with E-state index in [2.05, 4.69) is 16.5 Å². The predicted molar refractivity (Wildman–Crippen MR) is 96.7 cm³/mol. The van der Waals surface area contributed by atoms with E-state index in [0.717, 1.165) is 29.7 Å². The van der Waals surface area contributed by atoms with Crippen LogP contribution in [-0.2, 0) is 13.0 Å². The van der Waals surface area contributed by atoms with Crippen LogP contribution in [0.2, 0.25) is 5.02 Å². The zero-order chi connectivity index (χ0) is 16.9. The van der Waals surface area contributed by atoms with Crippen LogP contribution in [0.15, 0.2) is 48.5 Å². The van der Waals surface area contributed by atoms with Crippen molar-refractivity contribution < 1.29 is 9.84 Å². The van der Waals surface area contributed by atoms with Gasteiger partial charge in [0.25, 0.3) is 0 Å². The number of para-hydroxylation sites is 2. The number of aryl methyl sites for hydroxylation is 1. The van der Waals surface area contributed by atoms with Crippen molar-refractivity contribution in [2.45, 2.75) is 32.4 Å². The quantitative estimate of drug-likeness (QED) is 0.702. The van der Waals surface area contributed by atoms with Crippen molar-refractivity contribution in [3.8, 4) is 5.75 Å². The number of ether oxygens (including phenoxy) is 1. The van der Waals surface area contributed by atoms with Crippen LogP contribution in [0, 0.1) is 0 Å². The molecule has 0 aliphatic rings. The summed E-state index contributed by atoms with van der Waals surface area (Å²) in [5.41, 5.74) is 2.01. The predicted octanol–water partition coefficient (Wildman–Crippen LogP) is 4.08. The van der Waals surface area contributed by atoms with Crippen molar-refractivity contribution in [3.05, 3.63) is 59.4 Å². The highest BCUT2D eigenvalue weighted by Crippen LogP contribution is 2.19. The van der Waals surface area contributed by atoms with E-state index in [1.54, 1.807) is 12.1 Å². The fourth-order valence-corrected chi connectivity index (χ4v) is 2.94. The highest BCUT2D eigenvalue weighted by Gasteiger charge is 2.14. The van der Waals surface area contributed by atoms with Crippen molar-refractivity contribution in [1.82, 2.24) is 9.55 Å². The van der Waals surface area contributed by atoms with Crippen molar-refractivity contribution in [2.75, 3.05) is 6.61 Å². The summed E-state index contributed by atoms with van der Waals surface area (Å²) in [5, 5.41) is 11.0. The maximum atomic E-state index is 10.4. The molecule has 0 aliphatic heterocycles. The first-order valence-corrected chi connectivity index (χ1v) is 8.55. The van der Waals surface area contributed by atoms with Crippen LogP contribution < -0.4 is 4.74 Å². The van der Waals surface area contributed by atoms with Gasteiger partial charge in [-0.25, -0.2) is 4.98 Å². The fraction of sp³-hybridized carbons (Fsp3) is 0.316. The second kappa shape index (κ2) is 7.69. The zero-order valence-corrected chi connectivity index (χ0v) is 14.4. The van der Waals surface area contributed by atoms with Crippen LogP contribution in [0.5, 0.6) is 5.75 Å². The topological polar surface area (TPSA) is 47.3 Å². The molecule has 1 heterocycles. The average Bonchev–Trinajstić information content (AvgIpc) is 2.91. The smallest absolute Gasteiger partial charge is 0.120 e. The van der Waals surface area contributed by atoms with Gasteiger partial charge in [0.05, 0.1) is 17.6 Å². The maximum Gasteiger partial charge on any atom is 0.120 e. The molecule has 0 unspecified atom stereocenters. The van der Waals surface area contributed by atoms with Crippen LogP contribution >= 0.6 is 11.6 Å². The van der Waals surface area contributed by atoms with Gasteiger partial charge < -0.3 is 14.4 Å². The highest BCUT2D eigenvalue weighted by molar-refractivity contribution is 6.30. The fourth-order valence-electron chi connectivity index (χ4n) is 2.76. The van der Waals surface area contributed by atoms with E-state index < -0.39 is 6.10 Å². The van der Waals surface area contributed by atoms with Crippen LogP contribution in [0.4, 0.5) is 0 Å². The van der Waals surface area contributed by atoms with Gasteiger partial charge in [0, 0.05) is 11.4 Å². The lowest BCUT2D eigenvalue weighted by Gasteiger charge is -2.15. The Balaban J connectivity index is 1.72. The van der Waals surface area contributed by atoms with Gasteiger partial charge in [0.2, 0.25) is 0 Å². The summed E-state index contributed by atoms with van der Waals surface area (Å²) in [6.07, 6.45) is 1.27. The number of aliphatic hydroxyl groups excluding tert-OH is 1. The molecule has 0 aliphatic carbocycles. The van der Waals surface area contributed by atoms with Crippen molar-refractivity contribution >= 4 is 22.6 Å². The molecule has 4 nitrogen and oxygen atoms in total. The molecule has 5 heteroatoms. The Kier molecular flexibility index (Phi) is 5.38. The number of halogens is 1. The first-order valence-electron chi connectivity index (χ1n) is 8.18. The SMILES string of the molecule is CCCc1nc2ccccc2n1C[C@H](O)COc1cccc(Cl)c1. The maximum absolute atomic E-state index is 10.4. The first kappa shape index (κ1) is 16.8. The van der Waals surface area contributed by atoms with E-state index in [1.165, 1.54) is 0 Å². The Morgan fingerprint density at radius 3 is 2.83 bits per heavy atom. The standard InChI is InChI=1S/C19H21ClN2O2/c1-2-6-19-21-17-9-3-4-10-18(17)22(19)12-15(23)13-24-16-8-5-7-14(20)11-16/h3-5,7-11,15,23H,2,6,12-13H2,1H3/t15-/m0/s1. The van der Waals surface area contributed by atoms with Crippen LogP contribution in [-0.4, -0.2) is 27.4 Å². The first-order chi connectivity index (χ1) is 11.7. The lowest BCUT2D eigenvalue weighted by atomic mass is 10.3. The Morgan fingerprint density at radius 1 is 1.21 bits per heavy atom. The zero-order valence-electron chi connectivity index (χ0n) is 13.7. The van der Waals surface area contributed by atoms with Crippen molar-refractivity contribution in [1.29, 1.82) is 0 Å². The van der Waals surface area contributed by atoms with Gasteiger partial charge >= 0.3 is 0 Å². The number of hydrogen-bond donors (Lipinski definition) is 1. The van der Waals surface area contributed by atoms with E-state index in [9.17, 15) is 5.11 Å². The lowest BCUT2D eigenvalue weighted by Crippen LogP contribution is -2.24. The molecule has 126 valence electrons. The molecular formula is C19H21ClN2O2. The number of benzene rings is 2. The van der Waals surface area contributed by atoms with Gasteiger partial charge in [0.15, 0.2) is 0 Å². The molecule has 1 aromatic heterocycles. The molecule has 0 amide bonds. The minimum Gasteiger partial charge on any atom is -0.491 e. The second-order valence-electron chi connectivity index (χ2n) is 5.80. The Hall–Kier alpha value is -2.04. The Bertz CT molecular complexity index is 816. The third-order valence-corrected chi connectivity index (χ3v) is 4.07. The van der Waals surface area contributed by atoms with E-state index in [-0.39, 0.29) is 6.61 Å². The molecule has 0 radical (unpaired) electrons. The number of aromatic nitrogens is 2. The molecule has 0 fully saturated rings. The van der Waals surface area contributed by atoms with Gasteiger partial charge in [-0.1, -0.05) is 36.7 Å². The van der Waals surface area contributed by atoms with Crippen molar-refractivity contribution in [3.63, 3.8) is 0 Å². The van der Waals surface area contributed by atoms with Crippen LogP contribution in [0.1, 0.15) is 19.2 Å². The summed E-state index contributed by atoms with van der Waals surface area (Å²) in [6.45, 7) is 2.79. The summed E-state index contributed by atoms with van der Waals surface area (Å²) >= 11 is 5.94. The molecule has 1 N–H and O–H groups in total. The number of fused-ring (bicyclic) bond motifs is 1. The molecule has 1 atom stereocenters. The summed E-state index contributed by atoms with van der Waals surface area (Å²) in [5.74, 6) is 1.66. The summed E-state index contributed by atoms with van der Waals surface area (Å²) in [7, 11) is 0. The lowest BCUT2D eigenvalue weighted by molar-refractivity contribution is 0.0927. The Morgan fingerprint density at radius 2 is 2.04 bits per heavy atom. The van der Waals surface area contributed by atoms with Crippen LogP contribution in [0.3, 0.4) is 0 Å². The number of imidazole rings is 1. The summed E-state index contributed by atoms with van der Waals surface area (Å²) in [4.78, 5) is 4.68. The summed E-state index contributed by atoms with van der Waals surface area (Å²) < 4.78 is 7.73. The molecular weight excluding hydrogens is 324 g/mol. The van der Waals surface area contributed by atoms with Gasteiger partial charge in [-0.3, -0.25) is 0 Å². The van der Waals surface area contributed by atoms with Crippen LogP contribution in [0.25, 0.3) is 11.0 Å². The third-order valence-electron chi connectivity index (χ3n) is 3.84. The van der Waals surface area contributed by atoms with E-state index in [1.807, 2.05) is 36.4 Å². The molecule has 0 bridgehead atoms. The number of aliphatic hydroxyl groups is 1. The van der Waals surface area contributed by atoms with E-state index >= 15 is 0 Å². The largest absolute Gasteiger partial charge is 0.491 e. The Labute approximate surface area is 146 Å². The van der Waals surface area contributed by atoms with Gasteiger partial charge in [0.1, 0.15) is 24.3 Å². The number of rotatable bonds is 7.